The van der Waals surface area contributed by atoms with E-state index in [1.807, 2.05) is 21.0 Å². The number of methoxy groups -OCH3 is 1. The lowest BCUT2D eigenvalue weighted by atomic mass is 9.77. The minimum Gasteiger partial charge on any atom is -0.464 e. The Balaban J connectivity index is 0.000000366. The third-order valence-corrected chi connectivity index (χ3v) is 27.0. The largest absolute Gasteiger partial charge is 0.464 e. The van der Waals surface area contributed by atoms with E-state index in [-0.39, 0.29) is 97.0 Å². The van der Waals surface area contributed by atoms with Gasteiger partial charge in [-0.1, -0.05) is 60.3 Å². The number of piperidine rings is 5. The predicted molar refractivity (Wildman–Crippen MR) is 518 cm³/mol. The van der Waals surface area contributed by atoms with Crippen LogP contribution >= 0.6 is 0 Å². The quantitative estimate of drug-likeness (QED) is 0.0309. The zero-order valence-corrected chi connectivity index (χ0v) is 86.5. The first-order valence-electron chi connectivity index (χ1n) is 48.0. The van der Waals surface area contributed by atoms with Crippen molar-refractivity contribution in [3.8, 4) is 0 Å². The molecule has 0 bridgehead atoms. The molecule has 2 aromatic rings. The van der Waals surface area contributed by atoms with Crippen molar-refractivity contribution in [2.75, 3.05) is 155 Å². The van der Waals surface area contributed by atoms with Gasteiger partial charge in [-0.3, -0.25) is 19.5 Å². The number of aromatic nitrogens is 6. The molecular weight excluding hydrogens is 1520 g/mol. The fraction of sp³-hybridized carbons (Fsp3) is 0.918. The van der Waals surface area contributed by atoms with Crippen LogP contribution < -0.4 is 41.3 Å². The molecular formula is C98H194N20O4. The Kier molecular flexibility index (Phi) is 42.9. The van der Waals surface area contributed by atoms with E-state index in [0.717, 1.165) is 152 Å². The van der Waals surface area contributed by atoms with Gasteiger partial charge in [-0.05, 0) is 370 Å². The van der Waals surface area contributed by atoms with Crippen LogP contribution in [0.3, 0.4) is 0 Å². The Bertz CT molecular complexity index is 3210. The van der Waals surface area contributed by atoms with Gasteiger partial charge in [0, 0.05) is 138 Å². The number of nitrogens with zero attached hydrogens (tertiary/aromatic N) is 15. The molecule has 5 fully saturated rings. The monoisotopic (exact) mass is 1720 g/mol. The number of likely N-dealkylation sites (tertiary alicyclic amines) is 3. The molecule has 0 spiro atoms. The van der Waals surface area contributed by atoms with Gasteiger partial charge >= 0.3 is 5.97 Å². The summed E-state index contributed by atoms with van der Waals surface area (Å²) in [7, 11) is 17.1. The number of unbranched alkanes of at least 4 members (excludes halogenated alkanes) is 5. The molecule has 24 heteroatoms. The molecule has 0 atom stereocenters. The number of hydrogen-bond acceptors (Lipinski definition) is 24. The predicted octanol–water partition coefficient (Wildman–Crippen LogP) is 17.1. The molecule has 122 heavy (non-hydrogen) atoms. The van der Waals surface area contributed by atoms with Crippen LogP contribution in [0.1, 0.15) is 353 Å². The van der Waals surface area contributed by atoms with E-state index < -0.39 is 0 Å². The second-order valence-corrected chi connectivity index (χ2v) is 46.3. The topological polar surface area (TPSA) is 219 Å². The van der Waals surface area contributed by atoms with E-state index in [2.05, 4.69) is 300 Å². The van der Waals surface area contributed by atoms with E-state index in [1.165, 1.54) is 84.6 Å². The first-order valence-corrected chi connectivity index (χ1v) is 48.0. The van der Waals surface area contributed by atoms with Crippen molar-refractivity contribution >= 4 is 35.5 Å². The Hall–Kier alpha value is -4.08. The average Bonchev–Trinajstić information content (AvgIpc) is 0.768. The summed E-state index contributed by atoms with van der Waals surface area (Å²) in [6, 6.07) is 1.81. The van der Waals surface area contributed by atoms with Crippen LogP contribution in [0, 0.1) is 19.3 Å². The standard InChI is InChI=1S/C37H72N8.C32H61N7.C17H31NO4.C12H30N4/c1-27-38-30(41-37(13,14)26-32(2,3)4)40-31(39-27)45(29-24-35(9,10)43-36(11,12)25-29)21-19-17-16-18-20-44(15)28-22-33(5,6)42-34(7,8)23-28;1-14-16-18-38(25-20-29(4,5)36(12)30(6,7)21-25)27-33-24(3)34-28(35-27)39(19-17-15-2)26-22-31(8,9)37(13)32(10,11)23-26;1-13(19)7-8-15(20)22-10-9-18-16(2,3)11-14(21-6)12-17(18,4)5;1-13-7-5-9-15(3)11-12-16(4)10-6-8-14-2/h28-29,42-43H,16-26H2,1-15H3,(H,38,39,40,41);25-26H,14-23H2,1-13H3;14H,7-12H2,1-6H3;13-14H,5-12H2,1-4H3. The number of rotatable bonds is 41. The van der Waals surface area contributed by atoms with Crippen LogP contribution in [-0.4, -0.2) is 297 Å². The molecule has 5 aliphatic rings. The van der Waals surface area contributed by atoms with E-state index >= 15 is 0 Å². The molecule has 24 nitrogen and oxygen atoms in total. The van der Waals surface area contributed by atoms with Crippen molar-refractivity contribution < 1.29 is 19.1 Å². The lowest BCUT2D eigenvalue weighted by Crippen LogP contribution is -2.63. The lowest BCUT2D eigenvalue weighted by Gasteiger charge is -2.56. The number of Topliss-reactive ketones (excluding diaryl/α,β-unsaturated/α-hetero) is 1. The molecule has 2 aromatic heterocycles. The molecule has 710 valence electrons. The van der Waals surface area contributed by atoms with Crippen molar-refractivity contribution in [2.24, 2.45) is 5.41 Å². The summed E-state index contributed by atoms with van der Waals surface area (Å²) >= 11 is 0. The smallest absolute Gasteiger partial charge is 0.306 e. The number of ketones is 1. The molecule has 5 aliphatic heterocycles. The number of carbonyl (C=O) groups excluding carboxylic acids is 2. The third-order valence-electron chi connectivity index (χ3n) is 27.0. The second kappa shape index (κ2) is 47.5. The lowest BCUT2D eigenvalue weighted by molar-refractivity contribution is -0.148. The Labute approximate surface area is 750 Å². The van der Waals surface area contributed by atoms with E-state index in [9.17, 15) is 9.59 Å². The molecule has 5 N–H and O–H groups in total. The summed E-state index contributed by atoms with van der Waals surface area (Å²) in [6.45, 7) is 80.2. The first-order chi connectivity index (χ1) is 56.1. The average molecular weight is 1720 g/mol. The van der Waals surface area contributed by atoms with Crippen molar-refractivity contribution in [1.29, 1.82) is 0 Å². The number of esters is 1. The number of aryl methyl sites for hydroxylation is 2. The highest BCUT2D eigenvalue weighted by atomic mass is 16.5. The summed E-state index contributed by atoms with van der Waals surface area (Å²) in [5.41, 5.74) is 0.980. The molecule has 5 saturated heterocycles. The molecule has 0 amide bonds. The maximum absolute atomic E-state index is 11.6. The van der Waals surface area contributed by atoms with E-state index in [0.29, 0.717) is 43.3 Å². The maximum atomic E-state index is 11.6. The molecule has 0 aromatic carbocycles. The van der Waals surface area contributed by atoms with Crippen LogP contribution in [0.25, 0.3) is 0 Å². The van der Waals surface area contributed by atoms with Gasteiger partial charge in [-0.2, -0.15) is 29.9 Å². The van der Waals surface area contributed by atoms with Crippen LogP contribution in [0.5, 0.6) is 0 Å². The number of hydrogen-bond donors (Lipinski definition) is 5. The highest BCUT2D eigenvalue weighted by molar-refractivity contribution is 5.81. The minimum absolute atomic E-state index is 0.00574. The maximum Gasteiger partial charge on any atom is 0.306 e. The SMILES string of the molecule is CCCCN(c1nc(C)nc(N(CCCC)C2CC(C)(C)N(C)C(C)(C)C2)n1)C1CC(C)(C)N(C)C(C)(C)C1.CNCCCN(C)CCN(C)CCCNC.COC1CC(C)(C)N(CCOC(=O)CCC(C)=O)C(C)(C)C1.Cc1nc(NC(C)(C)CC(C)(C)C)nc(N(CCCCCCN(C)C2CC(C)(C)NC(C)(C)C2)C2CC(C)(C)NC(C)(C)C2)n1. The highest BCUT2D eigenvalue weighted by Crippen LogP contribution is 2.44. The molecule has 7 heterocycles. The summed E-state index contributed by atoms with van der Waals surface area (Å²) < 4.78 is 10.8. The van der Waals surface area contributed by atoms with Crippen molar-refractivity contribution in [1.82, 2.24) is 80.6 Å². The molecule has 0 radical (unpaired) electrons. The molecule has 0 aliphatic carbocycles. The van der Waals surface area contributed by atoms with E-state index in [1.54, 1.807) is 7.11 Å². The van der Waals surface area contributed by atoms with Gasteiger partial charge in [-0.15, -0.1) is 0 Å². The van der Waals surface area contributed by atoms with Gasteiger partial charge in [0.1, 0.15) is 24.0 Å². The van der Waals surface area contributed by atoms with Crippen LogP contribution in [-0.2, 0) is 19.1 Å². The van der Waals surface area contributed by atoms with Crippen molar-refractivity contribution in [3.63, 3.8) is 0 Å². The summed E-state index contributed by atoms with van der Waals surface area (Å²) in [5.74, 6) is 4.59. The second-order valence-electron chi connectivity index (χ2n) is 46.3. The third kappa shape index (κ3) is 37.5. The highest BCUT2D eigenvalue weighted by Gasteiger charge is 2.50. The van der Waals surface area contributed by atoms with Gasteiger partial charge in [0.2, 0.25) is 23.8 Å². The zero-order chi connectivity index (χ0) is 92.6. The summed E-state index contributed by atoms with van der Waals surface area (Å²) in [4.78, 5) is 75.2. The first kappa shape index (κ1) is 110. The minimum atomic E-state index is -0.294. The Morgan fingerprint density at radius 3 is 1.20 bits per heavy atom. The van der Waals surface area contributed by atoms with Crippen molar-refractivity contribution in [3.05, 3.63) is 11.6 Å². The number of anilines is 4. The normalized spacial score (nSPS) is 21.1. The van der Waals surface area contributed by atoms with Crippen LogP contribution in [0.4, 0.5) is 23.8 Å². The number of ether oxygens (including phenoxy) is 2. The Morgan fingerprint density at radius 1 is 0.459 bits per heavy atom. The number of carbonyl (C=O) groups is 2. The van der Waals surface area contributed by atoms with Gasteiger partial charge < -0.3 is 70.3 Å². The van der Waals surface area contributed by atoms with Crippen molar-refractivity contribution in [2.45, 2.75) is 447 Å². The summed E-state index contributed by atoms with van der Waals surface area (Å²) in [5, 5.41) is 17.7. The zero-order valence-electron chi connectivity index (χ0n) is 86.5. The molecule has 0 saturated carbocycles. The van der Waals surface area contributed by atoms with Gasteiger partial charge in [-0.25, -0.2) is 0 Å². The summed E-state index contributed by atoms with van der Waals surface area (Å²) in [6.07, 6.45) is 24.5. The van der Waals surface area contributed by atoms with E-state index in [4.69, 9.17) is 39.4 Å². The van der Waals surface area contributed by atoms with Crippen LogP contribution in [0.15, 0.2) is 0 Å². The van der Waals surface area contributed by atoms with Gasteiger partial charge in [0.05, 0.1) is 12.5 Å². The van der Waals surface area contributed by atoms with Gasteiger partial charge in [0.15, 0.2) is 0 Å². The molecule has 7 rings (SSSR count). The van der Waals surface area contributed by atoms with Crippen LogP contribution in [0.2, 0.25) is 0 Å². The molecule has 0 unspecified atom stereocenters. The fourth-order valence-corrected chi connectivity index (χ4v) is 21.6. The Morgan fingerprint density at radius 2 is 0.828 bits per heavy atom. The number of likely N-dealkylation sites (N-methyl/N-ethyl adjacent to an activating group) is 2. The fourth-order valence-electron chi connectivity index (χ4n) is 21.6. The van der Waals surface area contributed by atoms with Gasteiger partial charge in [0.25, 0.3) is 0 Å². The number of nitrogens with one attached hydrogen (secondary N) is 5.